The van der Waals surface area contributed by atoms with Crippen molar-refractivity contribution in [1.29, 1.82) is 0 Å². The number of aromatic nitrogens is 2. The molecular formula is C17H16ClF4N5O2. The summed E-state index contributed by atoms with van der Waals surface area (Å²) >= 11 is 6.02. The summed E-state index contributed by atoms with van der Waals surface area (Å²) in [7, 11) is 1.28. The Bertz CT molecular complexity index is 919. The normalized spacial score (nSPS) is 14.6. The maximum Gasteiger partial charge on any atom is 0.421 e. The molecule has 0 saturated carbocycles. The zero-order valence-corrected chi connectivity index (χ0v) is 15.9. The lowest BCUT2D eigenvalue weighted by molar-refractivity contribution is -0.137. The second-order valence-corrected chi connectivity index (χ2v) is 6.40. The van der Waals surface area contributed by atoms with E-state index in [0.717, 1.165) is 0 Å². The van der Waals surface area contributed by atoms with E-state index in [4.69, 9.17) is 16.3 Å². The van der Waals surface area contributed by atoms with Crippen molar-refractivity contribution in [3.8, 4) is 0 Å². The van der Waals surface area contributed by atoms with E-state index in [9.17, 15) is 22.4 Å². The number of nitrogens with zero attached hydrogens (tertiary/aromatic N) is 3. The lowest BCUT2D eigenvalue weighted by Crippen LogP contribution is -2.41. The van der Waals surface area contributed by atoms with Gasteiger partial charge in [0.05, 0.1) is 24.5 Å². The van der Waals surface area contributed by atoms with E-state index < -0.39 is 34.3 Å². The van der Waals surface area contributed by atoms with Crippen LogP contribution in [0.25, 0.3) is 0 Å². The number of carbonyl (C=O) groups is 1. The topological polar surface area (TPSA) is 79.4 Å². The van der Waals surface area contributed by atoms with Gasteiger partial charge in [-0.2, -0.15) is 18.2 Å². The number of carbonyl (C=O) groups excluding carboxylic acids is 1. The number of benzene rings is 1. The Labute approximate surface area is 168 Å². The van der Waals surface area contributed by atoms with E-state index in [-0.39, 0.29) is 17.2 Å². The molecule has 2 aromatic rings. The summed E-state index contributed by atoms with van der Waals surface area (Å²) < 4.78 is 58.6. The number of hydrogen-bond acceptors (Lipinski definition) is 6. The van der Waals surface area contributed by atoms with Gasteiger partial charge in [0, 0.05) is 26.3 Å². The van der Waals surface area contributed by atoms with Crippen LogP contribution >= 0.6 is 11.6 Å². The number of morpholine rings is 1. The van der Waals surface area contributed by atoms with Crippen LogP contribution in [0.3, 0.4) is 0 Å². The largest absolute Gasteiger partial charge is 0.421 e. The van der Waals surface area contributed by atoms with E-state index in [1.165, 1.54) is 24.1 Å². The number of amides is 1. The summed E-state index contributed by atoms with van der Waals surface area (Å²) in [6, 6.07) is 2.57. The van der Waals surface area contributed by atoms with Crippen molar-refractivity contribution in [2.45, 2.75) is 6.18 Å². The third-order valence-electron chi connectivity index (χ3n) is 4.19. The first-order valence-electron chi connectivity index (χ1n) is 8.46. The van der Waals surface area contributed by atoms with Gasteiger partial charge in [-0.3, -0.25) is 4.79 Å². The van der Waals surface area contributed by atoms with E-state index in [1.54, 1.807) is 0 Å². The Morgan fingerprint density at radius 3 is 2.59 bits per heavy atom. The van der Waals surface area contributed by atoms with Crippen LogP contribution in [-0.4, -0.2) is 54.1 Å². The maximum atomic E-state index is 14.7. The Kier molecular flexibility index (Phi) is 6.08. The molecule has 0 radical (unpaired) electrons. The first-order valence-corrected chi connectivity index (χ1v) is 8.84. The molecule has 0 aliphatic carbocycles. The monoisotopic (exact) mass is 433 g/mol. The maximum absolute atomic E-state index is 14.7. The summed E-state index contributed by atoms with van der Waals surface area (Å²) in [4.78, 5) is 21.2. The van der Waals surface area contributed by atoms with Gasteiger partial charge in [-0.15, -0.1) is 0 Å². The number of hydrogen-bond donors (Lipinski definition) is 2. The number of rotatable bonds is 4. The van der Waals surface area contributed by atoms with Crippen molar-refractivity contribution in [2.75, 3.05) is 44.0 Å². The zero-order valence-electron chi connectivity index (χ0n) is 15.1. The molecule has 0 unspecified atom stereocenters. The molecule has 7 nitrogen and oxygen atoms in total. The van der Waals surface area contributed by atoms with Crippen LogP contribution in [0.2, 0.25) is 5.02 Å². The second-order valence-electron chi connectivity index (χ2n) is 6.02. The zero-order chi connectivity index (χ0) is 21.2. The number of ether oxygens (including phenoxy) is 1. The molecule has 1 aromatic carbocycles. The van der Waals surface area contributed by atoms with E-state index in [1.807, 2.05) is 0 Å². The van der Waals surface area contributed by atoms with Crippen molar-refractivity contribution in [2.24, 2.45) is 0 Å². The molecule has 0 spiro atoms. The lowest BCUT2D eigenvalue weighted by atomic mass is 10.1. The third-order valence-corrected chi connectivity index (χ3v) is 4.56. The highest BCUT2D eigenvalue weighted by atomic mass is 35.5. The minimum atomic E-state index is -4.64. The van der Waals surface area contributed by atoms with Crippen LogP contribution in [0.1, 0.15) is 15.9 Å². The average Bonchev–Trinajstić information content (AvgIpc) is 2.71. The first kappa shape index (κ1) is 21.1. The van der Waals surface area contributed by atoms with Gasteiger partial charge in [0.25, 0.3) is 5.91 Å². The summed E-state index contributed by atoms with van der Waals surface area (Å²) in [5, 5.41) is 4.50. The first-order chi connectivity index (χ1) is 13.7. The number of anilines is 3. The predicted octanol–water partition coefficient (Wildman–Crippen LogP) is 3.55. The van der Waals surface area contributed by atoms with Crippen LogP contribution in [0.4, 0.5) is 35.0 Å². The Hall–Kier alpha value is -2.66. The van der Waals surface area contributed by atoms with Gasteiger partial charge in [-0.25, -0.2) is 9.37 Å². The fraction of sp³-hybridized carbons (Fsp3) is 0.353. The van der Waals surface area contributed by atoms with Crippen LogP contribution in [0.15, 0.2) is 18.3 Å². The van der Waals surface area contributed by atoms with Crippen LogP contribution in [0.5, 0.6) is 0 Å². The van der Waals surface area contributed by atoms with E-state index in [2.05, 4.69) is 20.6 Å². The molecule has 2 heterocycles. The molecular weight excluding hydrogens is 418 g/mol. The molecule has 1 fully saturated rings. The van der Waals surface area contributed by atoms with Gasteiger partial charge in [0.15, 0.2) is 5.82 Å². The summed E-state index contributed by atoms with van der Waals surface area (Å²) in [6.45, 7) is 1.39. The quantitative estimate of drug-likeness (QED) is 0.718. The average molecular weight is 434 g/mol. The Morgan fingerprint density at radius 1 is 1.28 bits per heavy atom. The number of nitrogens with one attached hydrogen (secondary N) is 2. The molecule has 156 valence electrons. The molecule has 1 aromatic heterocycles. The summed E-state index contributed by atoms with van der Waals surface area (Å²) in [5.74, 6) is -2.15. The highest BCUT2D eigenvalue weighted by Gasteiger charge is 2.35. The Morgan fingerprint density at radius 2 is 1.97 bits per heavy atom. The summed E-state index contributed by atoms with van der Waals surface area (Å²) in [6.07, 6.45) is -4.04. The molecule has 1 aliphatic heterocycles. The minimum absolute atomic E-state index is 0.00417. The van der Waals surface area contributed by atoms with Crippen molar-refractivity contribution in [3.63, 3.8) is 0 Å². The van der Waals surface area contributed by atoms with Gasteiger partial charge in [-0.05, 0) is 12.1 Å². The Balaban J connectivity index is 1.85. The summed E-state index contributed by atoms with van der Waals surface area (Å²) in [5.41, 5.74) is -1.26. The van der Waals surface area contributed by atoms with E-state index >= 15 is 0 Å². The molecule has 1 aliphatic rings. The number of halogens is 5. The highest BCUT2D eigenvalue weighted by molar-refractivity contribution is 6.33. The smallest absolute Gasteiger partial charge is 0.378 e. The molecule has 3 rings (SSSR count). The predicted molar refractivity (Wildman–Crippen MR) is 98.0 cm³/mol. The van der Waals surface area contributed by atoms with Crippen molar-refractivity contribution >= 4 is 35.0 Å². The van der Waals surface area contributed by atoms with Gasteiger partial charge in [0.1, 0.15) is 16.4 Å². The number of alkyl halides is 3. The molecule has 12 heteroatoms. The third kappa shape index (κ3) is 4.51. The second kappa shape index (κ2) is 8.37. The molecule has 0 atom stereocenters. The van der Waals surface area contributed by atoms with E-state index in [0.29, 0.717) is 32.5 Å². The van der Waals surface area contributed by atoms with Crippen molar-refractivity contribution in [3.05, 3.63) is 40.3 Å². The molecule has 2 N–H and O–H groups in total. The lowest BCUT2D eigenvalue weighted by Gasteiger charge is -2.27. The van der Waals surface area contributed by atoms with Gasteiger partial charge >= 0.3 is 6.18 Å². The molecule has 1 amide bonds. The van der Waals surface area contributed by atoms with Crippen LogP contribution < -0.4 is 10.6 Å². The van der Waals surface area contributed by atoms with Crippen molar-refractivity contribution in [1.82, 2.24) is 14.9 Å². The van der Waals surface area contributed by atoms with Gasteiger partial charge in [-0.1, -0.05) is 11.6 Å². The minimum Gasteiger partial charge on any atom is -0.378 e. The SMILES string of the molecule is CNc1nc(Nc2ccc(C(=O)N3CCOCC3)c(F)c2Cl)ncc1C(F)(F)F. The van der Waals surface area contributed by atoms with Gasteiger partial charge in [0.2, 0.25) is 5.95 Å². The fourth-order valence-corrected chi connectivity index (χ4v) is 2.92. The standard InChI is InChI=1S/C17H16ClF4N5O2/c1-23-14-10(17(20,21)22)8-24-16(26-14)25-11-3-2-9(13(19)12(11)18)15(28)27-4-6-29-7-5-27/h2-3,8H,4-7H2,1H3,(H2,23,24,25,26). The van der Waals surface area contributed by atoms with Gasteiger partial charge < -0.3 is 20.3 Å². The molecule has 1 saturated heterocycles. The highest BCUT2D eigenvalue weighted by Crippen LogP contribution is 2.35. The fourth-order valence-electron chi connectivity index (χ4n) is 2.71. The molecule has 29 heavy (non-hydrogen) atoms. The van der Waals surface area contributed by atoms with Crippen molar-refractivity contribution < 1.29 is 27.1 Å². The van der Waals surface area contributed by atoms with Crippen LogP contribution in [0, 0.1) is 5.82 Å². The molecule has 0 bridgehead atoms. The van der Waals surface area contributed by atoms with Crippen LogP contribution in [-0.2, 0) is 10.9 Å².